The van der Waals surface area contributed by atoms with Gasteiger partial charge in [-0.3, -0.25) is 10.6 Å². The van der Waals surface area contributed by atoms with Crippen LogP contribution in [0.1, 0.15) is 27.7 Å². The number of hydrogen-bond acceptors (Lipinski definition) is 2. The smallest absolute Gasteiger partial charge is 0.0546 e. The molecule has 2 heteroatoms. The fourth-order valence-corrected chi connectivity index (χ4v) is 1.57. The topological polar surface area (TPSA) is 24.1 Å². The van der Waals surface area contributed by atoms with Crippen LogP contribution in [-0.4, -0.2) is 18.2 Å². The van der Waals surface area contributed by atoms with Crippen molar-refractivity contribution in [1.29, 1.82) is 0 Å². The zero-order valence-corrected chi connectivity index (χ0v) is 7.31. The van der Waals surface area contributed by atoms with Crippen molar-refractivity contribution in [2.24, 2.45) is 5.92 Å². The van der Waals surface area contributed by atoms with Gasteiger partial charge in [0.15, 0.2) is 0 Å². The van der Waals surface area contributed by atoms with Gasteiger partial charge in [0.1, 0.15) is 0 Å². The lowest BCUT2D eigenvalue weighted by atomic mass is 9.93. The molecule has 1 aliphatic heterocycles. The molecule has 1 saturated heterocycles. The van der Waals surface area contributed by atoms with Gasteiger partial charge in [-0.05, 0) is 26.7 Å². The van der Waals surface area contributed by atoms with Crippen molar-refractivity contribution in [2.45, 2.75) is 45.9 Å². The summed E-state index contributed by atoms with van der Waals surface area (Å²) in [6.07, 6.45) is 0.473. The molecule has 0 aromatic rings. The van der Waals surface area contributed by atoms with E-state index in [1.807, 2.05) is 0 Å². The van der Waals surface area contributed by atoms with Crippen LogP contribution in [0, 0.1) is 5.92 Å². The van der Waals surface area contributed by atoms with Crippen LogP contribution >= 0.6 is 0 Å². The Bertz CT molecular complexity index is 102. The Labute approximate surface area is 63.4 Å². The number of nitrogens with one attached hydrogen (secondary N) is 2. The molecule has 0 amide bonds. The Morgan fingerprint density at radius 1 is 0.800 bits per heavy atom. The number of hydrogen-bond donors (Lipinski definition) is 2. The molecule has 2 unspecified atom stereocenters. The molecule has 1 heterocycles. The third-order valence-corrected chi connectivity index (χ3v) is 2.60. The van der Waals surface area contributed by atoms with E-state index in [2.05, 4.69) is 38.3 Å². The highest BCUT2D eigenvalue weighted by molar-refractivity contribution is 4.85. The molecule has 0 aliphatic carbocycles. The van der Waals surface area contributed by atoms with Crippen molar-refractivity contribution in [3.05, 3.63) is 0 Å². The Balaban J connectivity index is 2.49. The van der Waals surface area contributed by atoms with E-state index in [9.17, 15) is 0 Å². The van der Waals surface area contributed by atoms with Crippen LogP contribution in [0.4, 0.5) is 0 Å². The second-order valence-corrected chi connectivity index (χ2v) is 3.49. The largest absolute Gasteiger partial charge is 0.299 e. The van der Waals surface area contributed by atoms with Gasteiger partial charge in [0.25, 0.3) is 0 Å². The molecule has 1 aliphatic rings. The molecular formula is C8H18N2. The van der Waals surface area contributed by atoms with Crippen LogP contribution in [0.25, 0.3) is 0 Å². The molecule has 0 radical (unpaired) electrons. The monoisotopic (exact) mass is 142 g/mol. The van der Waals surface area contributed by atoms with Gasteiger partial charge in [0, 0.05) is 12.1 Å². The van der Waals surface area contributed by atoms with Gasteiger partial charge in [-0.2, -0.15) is 0 Å². The normalized spacial score (nSPS) is 49.2. The van der Waals surface area contributed by atoms with E-state index in [1.165, 1.54) is 0 Å². The first-order valence-electron chi connectivity index (χ1n) is 4.13. The molecule has 0 saturated carbocycles. The molecule has 0 bridgehead atoms. The van der Waals surface area contributed by atoms with Gasteiger partial charge in [-0.25, -0.2) is 0 Å². The van der Waals surface area contributed by atoms with Crippen molar-refractivity contribution < 1.29 is 0 Å². The summed E-state index contributed by atoms with van der Waals surface area (Å²) in [5.41, 5.74) is 0. The van der Waals surface area contributed by atoms with Crippen LogP contribution < -0.4 is 10.6 Å². The summed E-state index contributed by atoms with van der Waals surface area (Å²) in [4.78, 5) is 0. The molecular weight excluding hydrogens is 124 g/mol. The highest BCUT2D eigenvalue weighted by Gasteiger charge is 2.25. The molecule has 0 spiro atoms. The predicted molar refractivity (Wildman–Crippen MR) is 43.8 cm³/mol. The highest BCUT2D eigenvalue weighted by atomic mass is 15.2. The summed E-state index contributed by atoms with van der Waals surface area (Å²) in [5, 5.41) is 6.90. The minimum atomic E-state index is 0.473. The van der Waals surface area contributed by atoms with E-state index >= 15 is 0 Å². The quantitative estimate of drug-likeness (QED) is 0.526. The van der Waals surface area contributed by atoms with Crippen molar-refractivity contribution in [3.8, 4) is 0 Å². The maximum atomic E-state index is 3.45. The average molecular weight is 142 g/mol. The predicted octanol–water partition coefficient (Wildman–Crippen LogP) is 0.938. The summed E-state index contributed by atoms with van der Waals surface area (Å²) < 4.78 is 0. The van der Waals surface area contributed by atoms with E-state index in [1.54, 1.807) is 0 Å². The minimum absolute atomic E-state index is 0.473. The second-order valence-electron chi connectivity index (χ2n) is 3.49. The molecule has 1 rings (SSSR count). The zero-order valence-electron chi connectivity index (χ0n) is 7.31. The summed E-state index contributed by atoms with van der Waals surface area (Å²) in [7, 11) is 0. The third kappa shape index (κ3) is 1.50. The Hall–Kier alpha value is -0.0800. The maximum Gasteiger partial charge on any atom is 0.0546 e. The maximum absolute atomic E-state index is 3.45. The fraction of sp³-hybridized carbons (Fsp3) is 1.00. The SMILES string of the molecule is CC1NC(C)C(C)C(C)N1. The van der Waals surface area contributed by atoms with Gasteiger partial charge < -0.3 is 0 Å². The molecule has 2 nitrogen and oxygen atoms in total. The van der Waals surface area contributed by atoms with Gasteiger partial charge in [-0.1, -0.05) is 6.92 Å². The zero-order chi connectivity index (χ0) is 7.72. The molecule has 2 atom stereocenters. The Morgan fingerprint density at radius 3 is 1.60 bits per heavy atom. The van der Waals surface area contributed by atoms with E-state index in [-0.39, 0.29) is 0 Å². The van der Waals surface area contributed by atoms with Gasteiger partial charge in [-0.15, -0.1) is 0 Å². The highest BCUT2D eigenvalue weighted by Crippen LogP contribution is 2.12. The summed E-state index contributed by atoms with van der Waals surface area (Å²) in [6, 6.07) is 1.29. The lowest BCUT2D eigenvalue weighted by molar-refractivity contribution is 0.203. The molecule has 0 aromatic heterocycles. The molecule has 2 N–H and O–H groups in total. The lowest BCUT2D eigenvalue weighted by Crippen LogP contribution is -2.59. The van der Waals surface area contributed by atoms with Crippen LogP contribution in [0.2, 0.25) is 0 Å². The summed E-state index contributed by atoms with van der Waals surface area (Å²) >= 11 is 0. The Morgan fingerprint density at radius 2 is 1.20 bits per heavy atom. The molecule has 1 fully saturated rings. The van der Waals surface area contributed by atoms with Crippen LogP contribution in [0.3, 0.4) is 0 Å². The van der Waals surface area contributed by atoms with Crippen molar-refractivity contribution in [2.75, 3.05) is 0 Å². The van der Waals surface area contributed by atoms with E-state index in [0.717, 1.165) is 5.92 Å². The van der Waals surface area contributed by atoms with Crippen LogP contribution in [0.15, 0.2) is 0 Å². The van der Waals surface area contributed by atoms with E-state index < -0.39 is 0 Å². The Kier molecular flexibility index (Phi) is 2.32. The van der Waals surface area contributed by atoms with Crippen LogP contribution in [0.5, 0.6) is 0 Å². The lowest BCUT2D eigenvalue weighted by Gasteiger charge is -2.38. The summed E-state index contributed by atoms with van der Waals surface area (Å²) in [6.45, 7) is 8.94. The number of rotatable bonds is 0. The average Bonchev–Trinajstić information content (AvgIpc) is 1.82. The molecule has 60 valence electrons. The minimum Gasteiger partial charge on any atom is -0.299 e. The first kappa shape index (κ1) is 8.02. The first-order chi connectivity index (χ1) is 4.61. The fourth-order valence-electron chi connectivity index (χ4n) is 1.57. The van der Waals surface area contributed by atoms with Gasteiger partial charge >= 0.3 is 0 Å². The first-order valence-corrected chi connectivity index (χ1v) is 4.13. The van der Waals surface area contributed by atoms with Crippen molar-refractivity contribution in [3.63, 3.8) is 0 Å². The van der Waals surface area contributed by atoms with Gasteiger partial charge in [0.2, 0.25) is 0 Å². The summed E-state index contributed by atoms with van der Waals surface area (Å²) in [5.74, 6) is 0.733. The van der Waals surface area contributed by atoms with Crippen LogP contribution in [-0.2, 0) is 0 Å². The van der Waals surface area contributed by atoms with Crippen molar-refractivity contribution >= 4 is 0 Å². The molecule has 10 heavy (non-hydrogen) atoms. The van der Waals surface area contributed by atoms with Crippen molar-refractivity contribution in [1.82, 2.24) is 10.6 Å². The standard InChI is InChI=1S/C8H18N2/c1-5-6(2)9-8(4)10-7(5)3/h5-10H,1-4H3. The van der Waals surface area contributed by atoms with E-state index in [4.69, 9.17) is 0 Å². The second kappa shape index (κ2) is 2.89. The van der Waals surface area contributed by atoms with Gasteiger partial charge in [0.05, 0.1) is 6.17 Å². The third-order valence-electron chi connectivity index (χ3n) is 2.60. The van der Waals surface area contributed by atoms with E-state index in [0.29, 0.717) is 18.2 Å². The molecule has 0 aromatic carbocycles.